The number of ether oxygens (including phenoxy) is 3. The summed E-state index contributed by atoms with van der Waals surface area (Å²) in [5, 5.41) is 0.547. The summed E-state index contributed by atoms with van der Waals surface area (Å²) < 4.78 is 55.5. The Labute approximate surface area is 184 Å². The zero-order valence-corrected chi connectivity index (χ0v) is 18.4. The van der Waals surface area contributed by atoms with E-state index in [2.05, 4.69) is 9.97 Å². The van der Waals surface area contributed by atoms with Crippen molar-refractivity contribution >= 4 is 21.8 Å². The average molecular weight is 446 g/mol. The summed E-state index contributed by atoms with van der Waals surface area (Å²) >= 11 is 0. The Morgan fingerprint density at radius 3 is 2.22 bits per heavy atom. The van der Waals surface area contributed by atoms with Gasteiger partial charge in [-0.05, 0) is 42.5 Å². The Balaban J connectivity index is 0.000000217. The molecule has 32 heavy (non-hydrogen) atoms. The van der Waals surface area contributed by atoms with Crippen LogP contribution in [0.4, 0.5) is 13.2 Å². The molecule has 0 bridgehead atoms. The van der Waals surface area contributed by atoms with E-state index in [0.717, 1.165) is 0 Å². The van der Waals surface area contributed by atoms with Crippen molar-refractivity contribution < 1.29 is 27.4 Å². The van der Waals surface area contributed by atoms with Gasteiger partial charge >= 0.3 is 0 Å². The minimum absolute atomic E-state index is 0.0589. The molecule has 0 unspecified atom stereocenters. The quantitative estimate of drug-likeness (QED) is 0.355. The molecule has 0 fully saturated rings. The maximum absolute atomic E-state index is 13.6. The lowest BCUT2D eigenvalue weighted by Crippen LogP contribution is -2.06. The van der Waals surface area contributed by atoms with Gasteiger partial charge in [0, 0.05) is 24.9 Å². The fourth-order valence-corrected chi connectivity index (χ4v) is 2.77. The van der Waals surface area contributed by atoms with Crippen molar-refractivity contribution in [1.29, 1.82) is 0 Å². The third-order valence-electron chi connectivity index (χ3n) is 4.20. The smallest absolute Gasteiger partial charge is 0.174 e. The maximum atomic E-state index is 13.6. The molecule has 4 rings (SSSR count). The number of benzene rings is 2. The van der Waals surface area contributed by atoms with E-state index >= 15 is 0 Å². The Morgan fingerprint density at radius 1 is 0.781 bits per heavy atom. The molecule has 2 aromatic carbocycles. The monoisotopic (exact) mass is 446 g/mol. The van der Waals surface area contributed by atoms with E-state index < -0.39 is 11.6 Å². The van der Waals surface area contributed by atoms with Crippen molar-refractivity contribution in [2.75, 3.05) is 27.4 Å². The van der Waals surface area contributed by atoms with Gasteiger partial charge in [0.1, 0.15) is 12.4 Å². The van der Waals surface area contributed by atoms with E-state index in [-0.39, 0.29) is 29.3 Å². The molecule has 0 saturated carbocycles. The van der Waals surface area contributed by atoms with Gasteiger partial charge in [0.2, 0.25) is 0 Å². The molecular weight excluding hydrogens is 421 g/mol. The van der Waals surface area contributed by atoms with Gasteiger partial charge in [0.25, 0.3) is 0 Å². The molecule has 5 nitrogen and oxygen atoms in total. The third-order valence-corrected chi connectivity index (χ3v) is 4.20. The maximum Gasteiger partial charge on any atom is 0.174 e. The van der Waals surface area contributed by atoms with Gasteiger partial charge in [-0.3, -0.25) is 9.97 Å². The van der Waals surface area contributed by atoms with E-state index in [1.807, 2.05) is 13.8 Å². The van der Waals surface area contributed by atoms with Gasteiger partial charge < -0.3 is 14.2 Å². The largest absolute Gasteiger partial charge is 0.494 e. The first-order valence-electron chi connectivity index (χ1n) is 9.98. The first kappa shape index (κ1) is 24.9. The molecule has 0 aliphatic rings. The normalized spacial score (nSPS) is 10.1. The molecule has 2 aromatic heterocycles. The second-order valence-electron chi connectivity index (χ2n) is 6.06. The highest BCUT2D eigenvalue weighted by atomic mass is 19.1. The van der Waals surface area contributed by atoms with Crippen LogP contribution in [0.25, 0.3) is 21.8 Å². The number of halogens is 3. The van der Waals surface area contributed by atoms with E-state index in [0.29, 0.717) is 23.0 Å². The first-order valence-corrected chi connectivity index (χ1v) is 9.98. The van der Waals surface area contributed by atoms with Crippen LogP contribution in [0.15, 0.2) is 54.9 Å². The fourth-order valence-electron chi connectivity index (χ4n) is 2.77. The van der Waals surface area contributed by atoms with Crippen LogP contribution in [-0.2, 0) is 4.74 Å². The highest BCUT2D eigenvalue weighted by Gasteiger charge is 2.13. The van der Waals surface area contributed by atoms with Gasteiger partial charge in [-0.1, -0.05) is 13.8 Å². The van der Waals surface area contributed by atoms with Crippen molar-refractivity contribution in [2.45, 2.75) is 13.8 Å². The highest BCUT2D eigenvalue weighted by molar-refractivity contribution is 5.85. The lowest BCUT2D eigenvalue weighted by Gasteiger charge is -2.10. The predicted octanol–water partition coefficient (Wildman–Crippen LogP) is 5.95. The van der Waals surface area contributed by atoms with E-state index in [4.69, 9.17) is 14.2 Å². The summed E-state index contributed by atoms with van der Waals surface area (Å²) in [6.07, 6.45) is 2.96. The highest BCUT2D eigenvalue weighted by Crippen LogP contribution is 2.29. The van der Waals surface area contributed by atoms with Crippen LogP contribution in [-0.4, -0.2) is 37.4 Å². The van der Waals surface area contributed by atoms with Crippen LogP contribution in [0.2, 0.25) is 0 Å². The number of rotatable bonds is 5. The molecule has 2 heterocycles. The summed E-state index contributed by atoms with van der Waals surface area (Å²) in [5.74, 6) is -1.39. The summed E-state index contributed by atoms with van der Waals surface area (Å²) in [6, 6.07) is 10.5. The van der Waals surface area contributed by atoms with E-state index in [9.17, 15) is 13.2 Å². The molecule has 8 heteroatoms. The van der Waals surface area contributed by atoms with Gasteiger partial charge in [0.15, 0.2) is 23.1 Å². The topological polar surface area (TPSA) is 53.5 Å². The fraction of sp³-hybridized carbons (Fsp3) is 0.250. The molecular formula is C24H25F3N2O3. The van der Waals surface area contributed by atoms with Crippen LogP contribution in [0, 0.1) is 17.5 Å². The van der Waals surface area contributed by atoms with Gasteiger partial charge in [-0.15, -0.1) is 0 Å². The minimum Gasteiger partial charge on any atom is -0.494 e. The molecule has 170 valence electrons. The number of nitrogens with zero attached hydrogens (tertiary/aromatic N) is 2. The number of aromatic nitrogens is 2. The van der Waals surface area contributed by atoms with Crippen LogP contribution >= 0.6 is 0 Å². The Bertz CT molecular complexity index is 1160. The lowest BCUT2D eigenvalue weighted by molar-refractivity contribution is 0.144. The molecule has 0 N–H and O–H groups in total. The summed E-state index contributed by atoms with van der Waals surface area (Å²) in [6.45, 7) is 4.46. The summed E-state index contributed by atoms with van der Waals surface area (Å²) in [5.41, 5.74) is 1.000. The van der Waals surface area contributed by atoms with Crippen LogP contribution in [0.1, 0.15) is 13.8 Å². The molecule has 0 radical (unpaired) electrons. The van der Waals surface area contributed by atoms with Crippen LogP contribution < -0.4 is 9.47 Å². The molecule has 0 atom stereocenters. The zero-order valence-electron chi connectivity index (χ0n) is 18.4. The number of hydrogen-bond acceptors (Lipinski definition) is 5. The zero-order chi connectivity index (χ0) is 23.5. The van der Waals surface area contributed by atoms with Crippen molar-refractivity contribution in [2.24, 2.45) is 0 Å². The molecule has 0 aliphatic heterocycles. The van der Waals surface area contributed by atoms with Crippen LogP contribution in [0.3, 0.4) is 0 Å². The Hall–Kier alpha value is -3.39. The minimum atomic E-state index is -0.611. The molecule has 4 aromatic rings. The molecule has 0 amide bonds. The number of fused-ring (bicyclic) bond motifs is 2. The number of methoxy groups -OCH3 is 2. The third kappa shape index (κ3) is 5.85. The van der Waals surface area contributed by atoms with Gasteiger partial charge in [-0.25, -0.2) is 13.2 Å². The Morgan fingerprint density at radius 2 is 1.50 bits per heavy atom. The van der Waals surface area contributed by atoms with Crippen molar-refractivity contribution in [1.82, 2.24) is 9.97 Å². The number of pyridine rings is 2. The van der Waals surface area contributed by atoms with Crippen LogP contribution in [0.5, 0.6) is 11.5 Å². The second-order valence-corrected chi connectivity index (χ2v) is 6.06. The van der Waals surface area contributed by atoms with E-state index in [1.54, 1.807) is 30.5 Å². The summed E-state index contributed by atoms with van der Waals surface area (Å²) in [4.78, 5) is 7.98. The van der Waals surface area contributed by atoms with Crippen molar-refractivity contribution in [3.63, 3.8) is 0 Å². The van der Waals surface area contributed by atoms with Crippen molar-refractivity contribution in [3.8, 4) is 11.5 Å². The average Bonchev–Trinajstić information content (AvgIpc) is 2.83. The SMILES string of the molecule is CC.COCCOc1c(F)ccc2nccc(F)c12.COc1ccc2ncccc2c1F. The molecule has 0 spiro atoms. The Kier molecular flexibility index (Phi) is 9.69. The van der Waals surface area contributed by atoms with Gasteiger partial charge in [-0.2, -0.15) is 0 Å². The molecule has 0 aliphatic carbocycles. The molecule has 0 saturated heterocycles. The first-order chi connectivity index (χ1) is 15.6. The van der Waals surface area contributed by atoms with E-state index in [1.165, 1.54) is 38.6 Å². The lowest BCUT2D eigenvalue weighted by atomic mass is 10.2. The van der Waals surface area contributed by atoms with Gasteiger partial charge in [0.05, 0.1) is 30.1 Å². The standard InChI is InChI=1S/C12H11F2NO2.C10H8FNO.C2H6/c1-16-6-7-17-12-9(14)2-3-10-11(12)8(13)4-5-15-10;1-13-9-5-4-8-7(10(9)11)3-2-6-12-8;1-2/h2-5H,6-7H2,1H3;2-6H,1H3;1-2H3. The number of hydrogen-bond donors (Lipinski definition) is 0. The second kappa shape index (κ2) is 12.5. The van der Waals surface area contributed by atoms with Crippen molar-refractivity contribution in [3.05, 3.63) is 72.3 Å². The summed E-state index contributed by atoms with van der Waals surface area (Å²) in [7, 11) is 2.95. The predicted molar refractivity (Wildman–Crippen MR) is 119 cm³/mol.